The van der Waals surface area contributed by atoms with E-state index in [0.717, 1.165) is 25.2 Å². The Kier molecular flexibility index (Phi) is 3.83. The van der Waals surface area contributed by atoms with Crippen LogP contribution in [-0.2, 0) is 13.0 Å². The number of aromatic amines is 1. The summed E-state index contributed by atoms with van der Waals surface area (Å²) in [6.07, 6.45) is 5.10. The minimum absolute atomic E-state index is 0.823. The predicted molar refractivity (Wildman–Crippen MR) is 71.7 cm³/mol. The van der Waals surface area contributed by atoms with Gasteiger partial charge in [0.2, 0.25) is 0 Å². The van der Waals surface area contributed by atoms with Crippen molar-refractivity contribution in [3.8, 4) is 0 Å². The van der Waals surface area contributed by atoms with Gasteiger partial charge in [0.05, 0.1) is 0 Å². The van der Waals surface area contributed by atoms with E-state index >= 15 is 0 Å². The van der Waals surface area contributed by atoms with Crippen molar-refractivity contribution in [2.24, 2.45) is 0 Å². The van der Waals surface area contributed by atoms with Gasteiger partial charge in [0, 0.05) is 31.2 Å². The summed E-state index contributed by atoms with van der Waals surface area (Å²) in [7, 11) is 2.14. The molecule has 0 fully saturated rings. The molecule has 1 aromatic carbocycles. The Morgan fingerprint density at radius 1 is 1.12 bits per heavy atom. The standard InChI is InChI=1S/C14H19N3/c1-17(9-7-12-6-8-16-10-12)11-13-2-4-14(15)5-3-13/h2-6,8,10,16H,7,9,11,15H2,1H3. The maximum absolute atomic E-state index is 5.66. The quantitative estimate of drug-likeness (QED) is 0.773. The molecule has 0 atom stereocenters. The predicted octanol–water partition coefficient (Wildman–Crippen LogP) is 2.27. The number of nitrogens with one attached hydrogen (secondary N) is 1. The molecular weight excluding hydrogens is 210 g/mol. The zero-order valence-electron chi connectivity index (χ0n) is 10.2. The van der Waals surface area contributed by atoms with Gasteiger partial charge in [-0.1, -0.05) is 12.1 Å². The Bertz CT molecular complexity index is 431. The molecule has 3 nitrogen and oxygen atoms in total. The van der Waals surface area contributed by atoms with Crippen molar-refractivity contribution < 1.29 is 0 Å². The van der Waals surface area contributed by atoms with Gasteiger partial charge in [-0.2, -0.15) is 0 Å². The summed E-state index contributed by atoms with van der Waals surface area (Å²) < 4.78 is 0. The Morgan fingerprint density at radius 3 is 2.53 bits per heavy atom. The number of rotatable bonds is 5. The summed E-state index contributed by atoms with van der Waals surface area (Å²) in [5.74, 6) is 0. The van der Waals surface area contributed by atoms with Crippen molar-refractivity contribution >= 4 is 5.69 Å². The number of nitrogen functional groups attached to an aromatic ring is 1. The Morgan fingerprint density at radius 2 is 1.88 bits per heavy atom. The summed E-state index contributed by atoms with van der Waals surface area (Å²) >= 11 is 0. The molecule has 0 unspecified atom stereocenters. The highest BCUT2D eigenvalue weighted by molar-refractivity contribution is 5.39. The first-order valence-corrected chi connectivity index (χ1v) is 5.88. The van der Waals surface area contributed by atoms with Gasteiger partial charge in [-0.05, 0) is 42.8 Å². The van der Waals surface area contributed by atoms with E-state index in [4.69, 9.17) is 5.73 Å². The SMILES string of the molecule is CN(CCc1cc[nH]c1)Cc1ccc(N)cc1. The molecule has 1 heterocycles. The van der Waals surface area contributed by atoms with Crippen LogP contribution in [0.25, 0.3) is 0 Å². The van der Waals surface area contributed by atoms with Crippen molar-refractivity contribution in [3.05, 3.63) is 53.9 Å². The minimum atomic E-state index is 0.823. The molecule has 0 saturated carbocycles. The van der Waals surface area contributed by atoms with E-state index in [9.17, 15) is 0 Å². The lowest BCUT2D eigenvalue weighted by Crippen LogP contribution is -2.20. The number of H-pyrrole nitrogens is 1. The Balaban J connectivity index is 1.80. The van der Waals surface area contributed by atoms with Crippen LogP contribution < -0.4 is 5.73 Å². The second-order valence-electron chi connectivity index (χ2n) is 4.45. The number of hydrogen-bond acceptors (Lipinski definition) is 2. The number of hydrogen-bond donors (Lipinski definition) is 2. The van der Waals surface area contributed by atoms with Gasteiger partial charge in [-0.3, -0.25) is 0 Å². The van der Waals surface area contributed by atoms with Gasteiger partial charge in [0.15, 0.2) is 0 Å². The largest absolute Gasteiger partial charge is 0.399 e. The Hall–Kier alpha value is -1.74. The van der Waals surface area contributed by atoms with Crippen LogP contribution in [0.3, 0.4) is 0 Å². The number of aromatic nitrogens is 1. The van der Waals surface area contributed by atoms with E-state index in [0.29, 0.717) is 0 Å². The van der Waals surface area contributed by atoms with Crippen LogP contribution in [0.1, 0.15) is 11.1 Å². The topological polar surface area (TPSA) is 45.0 Å². The fraction of sp³-hybridized carbons (Fsp3) is 0.286. The van der Waals surface area contributed by atoms with Gasteiger partial charge < -0.3 is 15.6 Å². The molecule has 3 N–H and O–H groups in total. The van der Waals surface area contributed by atoms with E-state index in [-0.39, 0.29) is 0 Å². The van der Waals surface area contributed by atoms with Crippen molar-refractivity contribution in [1.29, 1.82) is 0 Å². The third-order valence-corrected chi connectivity index (χ3v) is 2.88. The molecule has 90 valence electrons. The minimum Gasteiger partial charge on any atom is -0.399 e. The van der Waals surface area contributed by atoms with E-state index in [2.05, 4.69) is 41.3 Å². The number of benzene rings is 1. The molecule has 0 bridgehead atoms. The van der Waals surface area contributed by atoms with Gasteiger partial charge in [-0.15, -0.1) is 0 Å². The number of nitrogens with zero attached hydrogens (tertiary/aromatic N) is 1. The van der Waals surface area contributed by atoms with Crippen LogP contribution in [0, 0.1) is 0 Å². The Labute approximate surface area is 102 Å². The van der Waals surface area contributed by atoms with Gasteiger partial charge in [0.25, 0.3) is 0 Å². The van der Waals surface area contributed by atoms with E-state index in [1.54, 1.807) is 0 Å². The maximum Gasteiger partial charge on any atom is 0.0314 e. The fourth-order valence-corrected chi connectivity index (χ4v) is 1.85. The van der Waals surface area contributed by atoms with E-state index in [1.165, 1.54) is 11.1 Å². The smallest absolute Gasteiger partial charge is 0.0314 e. The molecule has 17 heavy (non-hydrogen) atoms. The van der Waals surface area contributed by atoms with Gasteiger partial charge in [0.1, 0.15) is 0 Å². The molecule has 2 rings (SSSR count). The van der Waals surface area contributed by atoms with E-state index < -0.39 is 0 Å². The molecule has 0 aliphatic heterocycles. The highest BCUT2D eigenvalue weighted by Gasteiger charge is 2.01. The lowest BCUT2D eigenvalue weighted by Gasteiger charge is -2.16. The first-order valence-electron chi connectivity index (χ1n) is 5.88. The molecular formula is C14H19N3. The molecule has 0 amide bonds. The lowest BCUT2D eigenvalue weighted by molar-refractivity contribution is 0.331. The molecule has 0 radical (unpaired) electrons. The van der Waals surface area contributed by atoms with Gasteiger partial charge >= 0.3 is 0 Å². The van der Waals surface area contributed by atoms with Crippen LogP contribution in [0.15, 0.2) is 42.7 Å². The number of likely N-dealkylation sites (N-methyl/N-ethyl adjacent to an activating group) is 1. The van der Waals surface area contributed by atoms with Crippen LogP contribution in [-0.4, -0.2) is 23.5 Å². The third-order valence-electron chi connectivity index (χ3n) is 2.88. The highest BCUT2D eigenvalue weighted by atomic mass is 15.1. The van der Waals surface area contributed by atoms with Crippen molar-refractivity contribution in [1.82, 2.24) is 9.88 Å². The molecule has 1 aromatic heterocycles. The monoisotopic (exact) mass is 229 g/mol. The summed E-state index contributed by atoms with van der Waals surface area (Å²) in [5.41, 5.74) is 9.14. The second kappa shape index (κ2) is 5.55. The van der Waals surface area contributed by atoms with Crippen LogP contribution in [0.5, 0.6) is 0 Å². The zero-order chi connectivity index (χ0) is 12.1. The van der Waals surface area contributed by atoms with Crippen LogP contribution >= 0.6 is 0 Å². The zero-order valence-corrected chi connectivity index (χ0v) is 10.2. The fourth-order valence-electron chi connectivity index (χ4n) is 1.85. The molecule has 0 spiro atoms. The highest BCUT2D eigenvalue weighted by Crippen LogP contribution is 2.08. The lowest BCUT2D eigenvalue weighted by atomic mass is 10.2. The van der Waals surface area contributed by atoms with Crippen molar-refractivity contribution in [2.75, 3.05) is 19.3 Å². The normalized spacial score (nSPS) is 10.9. The summed E-state index contributed by atoms with van der Waals surface area (Å²) in [5, 5.41) is 0. The second-order valence-corrected chi connectivity index (χ2v) is 4.45. The number of nitrogens with two attached hydrogens (primary N) is 1. The van der Waals surface area contributed by atoms with Crippen LogP contribution in [0.2, 0.25) is 0 Å². The summed E-state index contributed by atoms with van der Waals surface area (Å²) in [6.45, 7) is 2.02. The first-order chi connectivity index (χ1) is 8.24. The van der Waals surface area contributed by atoms with Crippen LogP contribution in [0.4, 0.5) is 5.69 Å². The van der Waals surface area contributed by atoms with Gasteiger partial charge in [-0.25, -0.2) is 0 Å². The average molecular weight is 229 g/mol. The molecule has 0 saturated heterocycles. The van der Waals surface area contributed by atoms with E-state index in [1.807, 2.05) is 18.3 Å². The third kappa shape index (κ3) is 3.64. The summed E-state index contributed by atoms with van der Waals surface area (Å²) in [4.78, 5) is 5.39. The summed E-state index contributed by atoms with van der Waals surface area (Å²) in [6, 6.07) is 10.2. The van der Waals surface area contributed by atoms with Crippen molar-refractivity contribution in [3.63, 3.8) is 0 Å². The molecule has 2 aromatic rings. The maximum atomic E-state index is 5.66. The average Bonchev–Trinajstić information content (AvgIpc) is 2.83. The molecule has 3 heteroatoms. The molecule has 0 aliphatic carbocycles. The number of anilines is 1. The first kappa shape index (κ1) is 11.7. The molecule has 0 aliphatic rings. The van der Waals surface area contributed by atoms with Crippen molar-refractivity contribution in [2.45, 2.75) is 13.0 Å².